The van der Waals surface area contributed by atoms with Crippen molar-refractivity contribution in [2.45, 2.75) is 45.4 Å². The first kappa shape index (κ1) is 12.0. The lowest BCUT2D eigenvalue weighted by molar-refractivity contribution is 0.175. The van der Waals surface area contributed by atoms with Crippen LogP contribution in [-0.4, -0.2) is 31.1 Å². The summed E-state index contributed by atoms with van der Waals surface area (Å²) >= 11 is 0. The fourth-order valence-corrected chi connectivity index (χ4v) is 2.31. The Morgan fingerprint density at radius 2 is 2.14 bits per heavy atom. The van der Waals surface area contributed by atoms with Gasteiger partial charge in [0.2, 0.25) is 0 Å². The first-order chi connectivity index (χ1) is 6.86. The molecule has 0 aromatic rings. The fourth-order valence-electron chi connectivity index (χ4n) is 2.31. The number of hydrogen-bond acceptors (Lipinski definition) is 2. The van der Waals surface area contributed by atoms with Gasteiger partial charge in [0.05, 0.1) is 0 Å². The Balaban J connectivity index is 2.05. The molecule has 0 amide bonds. The van der Waals surface area contributed by atoms with E-state index in [9.17, 15) is 0 Å². The molecule has 2 N–H and O–H groups in total. The Labute approximate surface area is 88.8 Å². The Kier molecular flexibility index (Phi) is 6.20. The van der Waals surface area contributed by atoms with Crippen LogP contribution in [0.2, 0.25) is 0 Å². The second kappa shape index (κ2) is 7.24. The number of unbranched alkanes of at least 4 members (excludes halogenated alkanes) is 3. The highest BCUT2D eigenvalue weighted by Gasteiger charge is 2.17. The Bertz CT molecular complexity index is 136. The van der Waals surface area contributed by atoms with E-state index in [-0.39, 0.29) is 0 Å². The van der Waals surface area contributed by atoms with Crippen LogP contribution < -0.4 is 5.73 Å². The van der Waals surface area contributed by atoms with Gasteiger partial charge in [0.15, 0.2) is 0 Å². The summed E-state index contributed by atoms with van der Waals surface area (Å²) in [5.41, 5.74) is 5.72. The predicted molar refractivity (Wildman–Crippen MR) is 62.4 cm³/mol. The molecule has 1 fully saturated rings. The summed E-state index contributed by atoms with van der Waals surface area (Å²) in [6.45, 7) is 7.01. The van der Waals surface area contributed by atoms with Crippen molar-refractivity contribution in [2.24, 2.45) is 11.7 Å². The van der Waals surface area contributed by atoms with Crippen LogP contribution in [0.25, 0.3) is 0 Å². The molecule has 0 aromatic heterocycles. The smallest absolute Gasteiger partial charge is 0.00217 e. The standard InChI is InChI=1S/C12H26N2/c1-2-3-4-5-8-14-9-6-7-12(10-13)11-14/h12H,2-11,13H2,1H3. The third-order valence-electron chi connectivity index (χ3n) is 3.26. The minimum Gasteiger partial charge on any atom is -0.330 e. The molecule has 1 atom stereocenters. The summed E-state index contributed by atoms with van der Waals surface area (Å²) in [7, 11) is 0. The molecule has 0 aliphatic carbocycles. The number of rotatable bonds is 6. The summed E-state index contributed by atoms with van der Waals surface area (Å²) in [6.07, 6.45) is 8.22. The van der Waals surface area contributed by atoms with Crippen LogP contribution >= 0.6 is 0 Å². The number of likely N-dealkylation sites (tertiary alicyclic amines) is 1. The van der Waals surface area contributed by atoms with Crippen molar-refractivity contribution >= 4 is 0 Å². The molecule has 1 aliphatic rings. The van der Waals surface area contributed by atoms with E-state index in [1.807, 2.05) is 0 Å². The summed E-state index contributed by atoms with van der Waals surface area (Å²) in [4.78, 5) is 2.61. The van der Waals surface area contributed by atoms with Crippen molar-refractivity contribution < 1.29 is 0 Å². The van der Waals surface area contributed by atoms with Crippen LogP contribution in [0.5, 0.6) is 0 Å². The minimum absolute atomic E-state index is 0.773. The van der Waals surface area contributed by atoms with Crippen LogP contribution in [0, 0.1) is 5.92 Å². The molecule has 2 nitrogen and oxygen atoms in total. The molecule has 1 aliphatic heterocycles. The maximum absolute atomic E-state index is 5.72. The van der Waals surface area contributed by atoms with E-state index in [0.717, 1.165) is 12.5 Å². The van der Waals surface area contributed by atoms with Gasteiger partial charge >= 0.3 is 0 Å². The zero-order valence-electron chi connectivity index (χ0n) is 9.67. The highest BCUT2D eigenvalue weighted by Crippen LogP contribution is 2.15. The van der Waals surface area contributed by atoms with E-state index in [0.29, 0.717) is 0 Å². The third-order valence-corrected chi connectivity index (χ3v) is 3.26. The van der Waals surface area contributed by atoms with Gasteiger partial charge in [-0.05, 0) is 44.8 Å². The monoisotopic (exact) mass is 198 g/mol. The van der Waals surface area contributed by atoms with Gasteiger partial charge in [0.25, 0.3) is 0 Å². The number of piperidine rings is 1. The van der Waals surface area contributed by atoms with Crippen LogP contribution in [0.1, 0.15) is 45.4 Å². The molecule has 0 bridgehead atoms. The summed E-state index contributed by atoms with van der Waals surface area (Å²) in [6, 6.07) is 0. The van der Waals surface area contributed by atoms with Crippen molar-refractivity contribution in [3.8, 4) is 0 Å². The lowest BCUT2D eigenvalue weighted by Crippen LogP contribution is -2.38. The van der Waals surface area contributed by atoms with E-state index in [1.165, 1.54) is 58.2 Å². The first-order valence-corrected chi connectivity index (χ1v) is 6.29. The average molecular weight is 198 g/mol. The zero-order chi connectivity index (χ0) is 10.2. The van der Waals surface area contributed by atoms with Crippen LogP contribution in [0.15, 0.2) is 0 Å². The molecule has 1 unspecified atom stereocenters. The van der Waals surface area contributed by atoms with E-state index in [4.69, 9.17) is 5.73 Å². The third kappa shape index (κ3) is 4.43. The second-order valence-corrected chi connectivity index (χ2v) is 4.61. The zero-order valence-corrected chi connectivity index (χ0v) is 9.67. The molecule has 1 saturated heterocycles. The molecular formula is C12H26N2. The molecule has 14 heavy (non-hydrogen) atoms. The van der Waals surface area contributed by atoms with Gasteiger partial charge in [-0.25, -0.2) is 0 Å². The molecule has 1 heterocycles. The van der Waals surface area contributed by atoms with E-state index in [1.54, 1.807) is 0 Å². The Hall–Kier alpha value is -0.0800. The number of nitrogens with zero attached hydrogens (tertiary/aromatic N) is 1. The van der Waals surface area contributed by atoms with Crippen molar-refractivity contribution in [1.82, 2.24) is 4.90 Å². The second-order valence-electron chi connectivity index (χ2n) is 4.61. The van der Waals surface area contributed by atoms with Crippen LogP contribution in [0.4, 0.5) is 0 Å². The van der Waals surface area contributed by atoms with Crippen molar-refractivity contribution in [3.63, 3.8) is 0 Å². The van der Waals surface area contributed by atoms with Gasteiger partial charge in [-0.1, -0.05) is 26.2 Å². The van der Waals surface area contributed by atoms with Gasteiger partial charge < -0.3 is 10.6 Å². The van der Waals surface area contributed by atoms with E-state index >= 15 is 0 Å². The van der Waals surface area contributed by atoms with Crippen molar-refractivity contribution in [2.75, 3.05) is 26.2 Å². The Morgan fingerprint density at radius 3 is 2.86 bits per heavy atom. The van der Waals surface area contributed by atoms with Gasteiger partial charge in [-0.15, -0.1) is 0 Å². The van der Waals surface area contributed by atoms with E-state index in [2.05, 4.69) is 11.8 Å². The highest BCUT2D eigenvalue weighted by molar-refractivity contribution is 4.73. The van der Waals surface area contributed by atoms with Gasteiger partial charge in [0.1, 0.15) is 0 Å². The molecule has 0 saturated carbocycles. The van der Waals surface area contributed by atoms with Crippen LogP contribution in [-0.2, 0) is 0 Å². The lowest BCUT2D eigenvalue weighted by atomic mass is 9.98. The van der Waals surface area contributed by atoms with Crippen molar-refractivity contribution in [1.29, 1.82) is 0 Å². The van der Waals surface area contributed by atoms with Gasteiger partial charge in [-0.2, -0.15) is 0 Å². The van der Waals surface area contributed by atoms with Crippen LogP contribution in [0.3, 0.4) is 0 Å². The quantitative estimate of drug-likeness (QED) is 0.663. The maximum Gasteiger partial charge on any atom is 0.00217 e. The average Bonchev–Trinajstić information content (AvgIpc) is 2.25. The van der Waals surface area contributed by atoms with Crippen molar-refractivity contribution in [3.05, 3.63) is 0 Å². The largest absolute Gasteiger partial charge is 0.330 e. The SMILES string of the molecule is CCCCCCN1CCCC(CN)C1. The normalized spacial score (nSPS) is 24.0. The molecule has 0 spiro atoms. The molecular weight excluding hydrogens is 172 g/mol. The van der Waals surface area contributed by atoms with Gasteiger partial charge in [-0.3, -0.25) is 0 Å². The summed E-state index contributed by atoms with van der Waals surface area (Å²) < 4.78 is 0. The Morgan fingerprint density at radius 1 is 1.29 bits per heavy atom. The van der Waals surface area contributed by atoms with Gasteiger partial charge in [0, 0.05) is 6.54 Å². The molecule has 0 aromatic carbocycles. The number of hydrogen-bond donors (Lipinski definition) is 1. The number of nitrogens with two attached hydrogens (primary N) is 1. The topological polar surface area (TPSA) is 29.3 Å². The molecule has 1 rings (SSSR count). The minimum atomic E-state index is 0.773. The molecule has 0 radical (unpaired) electrons. The van der Waals surface area contributed by atoms with E-state index < -0.39 is 0 Å². The summed E-state index contributed by atoms with van der Waals surface area (Å²) in [5.74, 6) is 0.773. The fraction of sp³-hybridized carbons (Fsp3) is 1.00. The maximum atomic E-state index is 5.72. The first-order valence-electron chi connectivity index (χ1n) is 6.29. The highest BCUT2D eigenvalue weighted by atomic mass is 15.1. The predicted octanol–water partition coefficient (Wildman–Crippen LogP) is 2.24. The molecule has 84 valence electrons. The summed E-state index contributed by atoms with van der Waals surface area (Å²) in [5, 5.41) is 0. The molecule has 2 heteroatoms. The lowest BCUT2D eigenvalue weighted by Gasteiger charge is -2.32.